The number of ether oxygens (including phenoxy) is 5. The zero-order valence-electron chi connectivity index (χ0n) is 25.5. The maximum absolute atomic E-state index is 13.1. The molecule has 7 rings (SSSR count). The largest absolute Gasteiger partial charge is 0.458 e. The number of fused-ring (bicyclic) bond motifs is 6. The highest BCUT2D eigenvalue weighted by molar-refractivity contribution is 5.85. The van der Waals surface area contributed by atoms with Gasteiger partial charge in [0.25, 0.3) is 0 Å². The SMILES string of the molecule is CCC1(C)OC2CC(OC3CCC4(C=O)C5CCC6(C)C(C7=CC(=O)OC7)CCC6(O)C5CCC4(O)C3)OC(C)C2O1. The average molecular weight is 589 g/mol. The highest BCUT2D eigenvalue weighted by Crippen LogP contribution is 2.70. The third-order valence-electron chi connectivity index (χ3n) is 13.2. The number of rotatable bonds is 5. The summed E-state index contributed by atoms with van der Waals surface area (Å²) in [6.07, 6.45) is 8.56. The lowest BCUT2D eigenvalue weighted by Gasteiger charge is -2.65. The molecule has 6 fully saturated rings. The molecule has 9 heteroatoms. The van der Waals surface area contributed by atoms with Crippen LogP contribution in [0.15, 0.2) is 11.6 Å². The second-order valence-corrected chi connectivity index (χ2v) is 15.0. The summed E-state index contributed by atoms with van der Waals surface area (Å²) >= 11 is 0. The standard InChI is InChI=1S/C33H48O9/c1-5-30(4)41-25-15-27(39-19(2)28(25)42-30)40-21-6-11-31(18-34)23-7-10-29(3)22(20-14-26(35)38-17-20)9-13-33(29,37)24(23)8-12-32(31,36)16-21/h14,18-19,21-25,27-28,36-37H,5-13,15-17H2,1-4H3. The molecule has 0 radical (unpaired) electrons. The lowest BCUT2D eigenvalue weighted by atomic mass is 9.41. The van der Waals surface area contributed by atoms with E-state index in [1.54, 1.807) is 6.08 Å². The molecule has 0 bridgehead atoms. The van der Waals surface area contributed by atoms with Crippen molar-refractivity contribution in [2.24, 2.45) is 28.6 Å². The van der Waals surface area contributed by atoms with Crippen LogP contribution in [0.5, 0.6) is 0 Å². The molecule has 13 atom stereocenters. The molecule has 0 aromatic rings. The fraction of sp³-hybridized carbons (Fsp3) is 0.879. The molecule has 2 N–H and O–H groups in total. The van der Waals surface area contributed by atoms with Crippen LogP contribution in [0.1, 0.15) is 98.3 Å². The summed E-state index contributed by atoms with van der Waals surface area (Å²) in [6, 6.07) is 0. The van der Waals surface area contributed by atoms with Crippen LogP contribution in [0.3, 0.4) is 0 Å². The van der Waals surface area contributed by atoms with Crippen LogP contribution >= 0.6 is 0 Å². The van der Waals surface area contributed by atoms with Crippen LogP contribution in [0.4, 0.5) is 0 Å². The molecular weight excluding hydrogens is 540 g/mol. The summed E-state index contributed by atoms with van der Waals surface area (Å²) in [5.74, 6) is -0.980. The lowest BCUT2D eigenvalue weighted by molar-refractivity contribution is -0.278. The Morgan fingerprint density at radius 1 is 1.05 bits per heavy atom. The first-order valence-corrected chi connectivity index (χ1v) is 16.3. The predicted octanol–water partition coefficient (Wildman–Crippen LogP) is 3.97. The Hall–Kier alpha value is -1.36. The van der Waals surface area contributed by atoms with Crippen LogP contribution in [0.2, 0.25) is 0 Å². The van der Waals surface area contributed by atoms with Crippen molar-refractivity contribution in [1.29, 1.82) is 0 Å². The molecule has 0 spiro atoms. The molecule has 0 amide bonds. The number of aliphatic hydroxyl groups is 2. The number of aldehydes is 1. The summed E-state index contributed by atoms with van der Waals surface area (Å²) in [6.45, 7) is 8.49. The Kier molecular flexibility index (Phi) is 6.86. The first kappa shape index (κ1) is 29.4. The van der Waals surface area contributed by atoms with Crippen LogP contribution in [-0.2, 0) is 33.3 Å². The number of carbonyl (C=O) groups is 2. The minimum Gasteiger partial charge on any atom is -0.458 e. The van der Waals surface area contributed by atoms with Crippen molar-refractivity contribution in [2.45, 2.75) is 146 Å². The molecule has 3 heterocycles. The molecule has 0 aromatic heterocycles. The van der Waals surface area contributed by atoms with Gasteiger partial charge in [-0.1, -0.05) is 13.8 Å². The van der Waals surface area contributed by atoms with Gasteiger partial charge >= 0.3 is 5.97 Å². The maximum atomic E-state index is 13.1. The minimum absolute atomic E-state index is 0.0744. The summed E-state index contributed by atoms with van der Waals surface area (Å²) in [5, 5.41) is 24.7. The van der Waals surface area contributed by atoms with E-state index in [9.17, 15) is 19.8 Å². The van der Waals surface area contributed by atoms with E-state index in [0.717, 1.165) is 37.5 Å². The fourth-order valence-corrected chi connectivity index (χ4v) is 10.8. The smallest absolute Gasteiger partial charge is 0.331 e. The minimum atomic E-state index is -1.19. The maximum Gasteiger partial charge on any atom is 0.331 e. The number of cyclic esters (lactones) is 1. The van der Waals surface area contributed by atoms with Gasteiger partial charge < -0.3 is 38.7 Å². The zero-order chi connectivity index (χ0) is 29.7. The van der Waals surface area contributed by atoms with Gasteiger partial charge in [-0.15, -0.1) is 0 Å². The van der Waals surface area contributed by atoms with E-state index in [-0.39, 0.29) is 53.6 Å². The monoisotopic (exact) mass is 588 g/mol. The van der Waals surface area contributed by atoms with Gasteiger partial charge in [0.15, 0.2) is 12.1 Å². The Labute approximate surface area is 248 Å². The van der Waals surface area contributed by atoms with Gasteiger partial charge in [-0.2, -0.15) is 0 Å². The Morgan fingerprint density at radius 3 is 2.55 bits per heavy atom. The van der Waals surface area contributed by atoms with Crippen molar-refractivity contribution in [1.82, 2.24) is 0 Å². The first-order chi connectivity index (χ1) is 19.9. The Bertz CT molecular complexity index is 1160. The number of carbonyl (C=O) groups excluding carboxylic acids is 2. The van der Waals surface area contributed by atoms with Crippen molar-refractivity contribution < 1.29 is 43.5 Å². The van der Waals surface area contributed by atoms with E-state index in [1.165, 1.54) is 0 Å². The molecule has 42 heavy (non-hydrogen) atoms. The number of hydrogen-bond acceptors (Lipinski definition) is 9. The predicted molar refractivity (Wildman–Crippen MR) is 150 cm³/mol. The van der Waals surface area contributed by atoms with Gasteiger partial charge in [-0.3, -0.25) is 0 Å². The molecule has 3 aliphatic heterocycles. The number of esters is 1. The van der Waals surface area contributed by atoms with Gasteiger partial charge in [-0.25, -0.2) is 4.79 Å². The van der Waals surface area contributed by atoms with Crippen molar-refractivity contribution in [3.63, 3.8) is 0 Å². The molecule has 4 aliphatic carbocycles. The molecule has 13 unspecified atom stereocenters. The van der Waals surface area contributed by atoms with E-state index in [0.29, 0.717) is 51.6 Å². The van der Waals surface area contributed by atoms with Gasteiger partial charge in [0.2, 0.25) is 0 Å². The molecule has 9 nitrogen and oxygen atoms in total. The summed E-state index contributed by atoms with van der Waals surface area (Å²) < 4.78 is 30.4. The van der Waals surface area contributed by atoms with Crippen LogP contribution in [0, 0.1) is 28.6 Å². The second-order valence-electron chi connectivity index (χ2n) is 15.0. The van der Waals surface area contributed by atoms with Crippen LogP contribution in [0.25, 0.3) is 0 Å². The summed E-state index contributed by atoms with van der Waals surface area (Å²) in [5.41, 5.74) is -2.44. The first-order valence-electron chi connectivity index (χ1n) is 16.3. The van der Waals surface area contributed by atoms with Crippen molar-refractivity contribution in [3.8, 4) is 0 Å². The highest BCUT2D eigenvalue weighted by atomic mass is 16.8. The molecule has 234 valence electrons. The molecule has 2 saturated heterocycles. The van der Waals surface area contributed by atoms with Crippen LogP contribution in [-0.4, -0.2) is 76.8 Å². The fourth-order valence-electron chi connectivity index (χ4n) is 10.8. The van der Waals surface area contributed by atoms with E-state index in [4.69, 9.17) is 23.7 Å². The van der Waals surface area contributed by atoms with E-state index in [1.807, 2.05) is 20.8 Å². The highest BCUT2D eigenvalue weighted by Gasteiger charge is 2.71. The lowest BCUT2D eigenvalue weighted by Crippen LogP contribution is -2.69. The quantitative estimate of drug-likeness (QED) is 0.279. The van der Waals surface area contributed by atoms with Crippen molar-refractivity contribution in [3.05, 3.63) is 11.6 Å². The molecule has 0 aromatic carbocycles. The topological polar surface area (TPSA) is 121 Å². The second kappa shape index (κ2) is 9.82. The van der Waals surface area contributed by atoms with Gasteiger partial charge in [0, 0.05) is 24.3 Å². The zero-order valence-corrected chi connectivity index (χ0v) is 25.5. The average Bonchev–Trinajstić information content (AvgIpc) is 3.61. The van der Waals surface area contributed by atoms with Crippen molar-refractivity contribution >= 4 is 12.3 Å². The van der Waals surface area contributed by atoms with Crippen molar-refractivity contribution in [2.75, 3.05) is 6.61 Å². The Balaban J connectivity index is 1.07. The molecular formula is C33H48O9. The van der Waals surface area contributed by atoms with E-state index < -0.39 is 28.7 Å². The van der Waals surface area contributed by atoms with Gasteiger partial charge in [0.1, 0.15) is 19.0 Å². The Morgan fingerprint density at radius 2 is 1.83 bits per heavy atom. The molecule has 7 aliphatic rings. The summed E-state index contributed by atoms with van der Waals surface area (Å²) in [4.78, 5) is 25.0. The molecule has 4 saturated carbocycles. The van der Waals surface area contributed by atoms with Crippen LogP contribution < -0.4 is 0 Å². The van der Waals surface area contributed by atoms with E-state index in [2.05, 4.69) is 6.92 Å². The summed E-state index contributed by atoms with van der Waals surface area (Å²) in [7, 11) is 0. The third-order valence-corrected chi connectivity index (χ3v) is 13.2. The normalized spacial score (nSPS) is 55.2. The third kappa shape index (κ3) is 4.02. The van der Waals surface area contributed by atoms with Gasteiger partial charge in [0.05, 0.1) is 34.9 Å². The van der Waals surface area contributed by atoms with E-state index >= 15 is 0 Å². The van der Waals surface area contributed by atoms with Gasteiger partial charge in [-0.05, 0) is 95.0 Å². The number of hydrogen-bond donors (Lipinski definition) is 2.